The molecule has 0 spiro atoms. The van der Waals surface area contributed by atoms with Crippen LogP contribution in [0.4, 0.5) is 0 Å². The molecule has 3 aromatic heterocycles. The van der Waals surface area contributed by atoms with Crippen LogP contribution in [0.2, 0.25) is 0 Å². The largest absolute Gasteiger partial charge is 0.361 e. The maximum Gasteiger partial charge on any atom is 0.141 e. The first-order chi connectivity index (χ1) is 15.8. The molecule has 0 radical (unpaired) electrons. The predicted molar refractivity (Wildman–Crippen MR) is 135 cm³/mol. The highest BCUT2D eigenvalue weighted by Crippen LogP contribution is 2.36. The Morgan fingerprint density at radius 3 is 2.36 bits per heavy atom. The van der Waals surface area contributed by atoms with E-state index in [4.69, 9.17) is 9.51 Å². The number of benzene rings is 1. The number of nitrogens with zero attached hydrogens (tertiary/aromatic N) is 3. The molecule has 33 heavy (non-hydrogen) atoms. The van der Waals surface area contributed by atoms with Gasteiger partial charge in [0, 0.05) is 35.6 Å². The lowest BCUT2D eigenvalue weighted by atomic mass is 9.86. The van der Waals surface area contributed by atoms with Gasteiger partial charge in [0.05, 0.1) is 16.7 Å². The number of aromatic nitrogens is 3. The summed E-state index contributed by atoms with van der Waals surface area (Å²) >= 11 is 0. The Labute approximate surface area is 197 Å². The third-order valence-corrected chi connectivity index (χ3v) is 7.28. The van der Waals surface area contributed by atoms with Crippen LogP contribution in [0.15, 0.2) is 47.2 Å². The lowest BCUT2D eigenvalue weighted by Crippen LogP contribution is -2.13. The van der Waals surface area contributed by atoms with Gasteiger partial charge in [-0.25, -0.2) is 0 Å². The van der Waals surface area contributed by atoms with Crippen molar-refractivity contribution < 1.29 is 4.52 Å². The van der Waals surface area contributed by atoms with Gasteiger partial charge in [0.25, 0.3) is 0 Å². The number of pyridine rings is 1. The summed E-state index contributed by atoms with van der Waals surface area (Å²) in [4.78, 5) is 4.99. The van der Waals surface area contributed by atoms with E-state index in [-0.39, 0.29) is 5.41 Å². The normalized spacial score (nSPS) is 15.4. The van der Waals surface area contributed by atoms with Gasteiger partial charge < -0.3 is 9.09 Å². The first-order valence-corrected chi connectivity index (χ1v) is 12.3. The Hall–Kier alpha value is -2.88. The first-order valence-electron chi connectivity index (χ1n) is 12.3. The fourth-order valence-electron chi connectivity index (χ4n) is 5.36. The quantitative estimate of drug-likeness (QED) is 0.324. The molecular formula is C29H35N3O. The van der Waals surface area contributed by atoms with Gasteiger partial charge in [-0.15, -0.1) is 0 Å². The average Bonchev–Trinajstić information content (AvgIpc) is 3.33. The second-order valence-corrected chi connectivity index (χ2v) is 10.8. The highest BCUT2D eigenvalue weighted by atomic mass is 16.5. The van der Waals surface area contributed by atoms with Crippen LogP contribution in [0, 0.1) is 19.8 Å². The Kier molecular flexibility index (Phi) is 5.64. The van der Waals surface area contributed by atoms with Gasteiger partial charge in [-0.3, -0.25) is 4.98 Å². The highest BCUT2D eigenvalue weighted by molar-refractivity contribution is 5.95. The molecule has 0 aliphatic heterocycles. The van der Waals surface area contributed by atoms with Gasteiger partial charge >= 0.3 is 0 Å². The van der Waals surface area contributed by atoms with Gasteiger partial charge in [0.1, 0.15) is 5.76 Å². The second-order valence-electron chi connectivity index (χ2n) is 10.8. The molecule has 0 amide bonds. The van der Waals surface area contributed by atoms with E-state index >= 15 is 0 Å². The molecule has 4 heteroatoms. The molecule has 4 nitrogen and oxygen atoms in total. The van der Waals surface area contributed by atoms with Gasteiger partial charge in [-0.1, -0.05) is 69.5 Å². The standard InChI is InChI=1S/C29H35N3O/c1-19-27(20(2)33-31-19)23-15-26-28(30-16-23)25(18-32(26)17-21-9-7-6-8-10-21)22-11-13-24(14-12-22)29(3,4)5/h11-16,18,21H,6-10,17H2,1-5H3. The van der Waals surface area contributed by atoms with Crippen LogP contribution in [-0.2, 0) is 12.0 Å². The van der Waals surface area contributed by atoms with E-state index < -0.39 is 0 Å². The Morgan fingerprint density at radius 1 is 1.00 bits per heavy atom. The van der Waals surface area contributed by atoms with Crippen molar-refractivity contribution in [1.29, 1.82) is 0 Å². The molecule has 4 aromatic rings. The Balaban J connectivity index is 1.62. The summed E-state index contributed by atoms with van der Waals surface area (Å²) < 4.78 is 7.89. The monoisotopic (exact) mass is 441 g/mol. The van der Waals surface area contributed by atoms with Crippen molar-refractivity contribution in [3.05, 3.63) is 59.7 Å². The molecule has 5 rings (SSSR count). The zero-order valence-corrected chi connectivity index (χ0v) is 20.6. The topological polar surface area (TPSA) is 43.9 Å². The molecule has 1 aromatic carbocycles. The van der Waals surface area contributed by atoms with Crippen molar-refractivity contribution in [2.75, 3.05) is 0 Å². The van der Waals surface area contributed by atoms with Crippen molar-refractivity contribution in [3.63, 3.8) is 0 Å². The van der Waals surface area contributed by atoms with Gasteiger partial charge in [0.15, 0.2) is 0 Å². The van der Waals surface area contributed by atoms with Gasteiger partial charge in [-0.05, 0) is 55.2 Å². The highest BCUT2D eigenvalue weighted by Gasteiger charge is 2.20. The molecule has 0 N–H and O–H groups in total. The zero-order valence-electron chi connectivity index (χ0n) is 20.6. The summed E-state index contributed by atoms with van der Waals surface area (Å²) in [6.45, 7) is 11.8. The van der Waals surface area contributed by atoms with Crippen LogP contribution < -0.4 is 0 Å². The molecule has 0 unspecified atom stereocenters. The van der Waals surface area contributed by atoms with E-state index in [2.05, 4.69) is 67.0 Å². The number of hydrogen-bond acceptors (Lipinski definition) is 3. The fraction of sp³-hybridized carbons (Fsp3) is 0.448. The zero-order chi connectivity index (χ0) is 23.2. The van der Waals surface area contributed by atoms with Crippen molar-refractivity contribution in [1.82, 2.24) is 14.7 Å². The summed E-state index contributed by atoms with van der Waals surface area (Å²) in [5.41, 5.74) is 9.28. The second kappa shape index (κ2) is 8.48. The van der Waals surface area contributed by atoms with E-state index in [1.54, 1.807) is 0 Å². The third kappa shape index (κ3) is 4.23. The molecule has 3 heterocycles. The number of hydrogen-bond donors (Lipinski definition) is 0. The summed E-state index contributed by atoms with van der Waals surface area (Å²) in [5, 5.41) is 4.16. The summed E-state index contributed by atoms with van der Waals surface area (Å²) in [6, 6.07) is 11.3. The number of rotatable bonds is 4. The van der Waals surface area contributed by atoms with E-state index in [1.165, 1.54) is 54.3 Å². The van der Waals surface area contributed by atoms with Gasteiger partial charge in [0.2, 0.25) is 0 Å². The molecule has 0 saturated heterocycles. The van der Waals surface area contributed by atoms with Crippen LogP contribution >= 0.6 is 0 Å². The minimum Gasteiger partial charge on any atom is -0.361 e. The van der Waals surface area contributed by atoms with E-state index in [0.717, 1.165) is 40.6 Å². The molecule has 1 aliphatic carbocycles. The molecule has 0 bridgehead atoms. The maximum atomic E-state index is 5.44. The fourth-order valence-corrected chi connectivity index (χ4v) is 5.36. The van der Waals surface area contributed by atoms with Crippen molar-refractivity contribution in [3.8, 4) is 22.3 Å². The van der Waals surface area contributed by atoms with Crippen molar-refractivity contribution in [2.45, 2.75) is 78.7 Å². The van der Waals surface area contributed by atoms with Crippen LogP contribution in [0.3, 0.4) is 0 Å². The molecule has 0 atom stereocenters. The van der Waals surface area contributed by atoms with Crippen LogP contribution in [-0.4, -0.2) is 14.7 Å². The molecule has 1 saturated carbocycles. The summed E-state index contributed by atoms with van der Waals surface area (Å²) in [6.07, 6.45) is 11.0. The lowest BCUT2D eigenvalue weighted by molar-refractivity contribution is 0.323. The molecule has 172 valence electrons. The van der Waals surface area contributed by atoms with Crippen molar-refractivity contribution in [2.24, 2.45) is 5.92 Å². The smallest absolute Gasteiger partial charge is 0.141 e. The van der Waals surface area contributed by atoms with E-state index in [9.17, 15) is 0 Å². The first kappa shape index (κ1) is 21.9. The van der Waals surface area contributed by atoms with Crippen LogP contribution in [0.25, 0.3) is 33.3 Å². The van der Waals surface area contributed by atoms with E-state index in [0.29, 0.717) is 0 Å². The Morgan fingerprint density at radius 2 is 1.73 bits per heavy atom. The van der Waals surface area contributed by atoms with Gasteiger partial charge in [-0.2, -0.15) is 0 Å². The summed E-state index contributed by atoms with van der Waals surface area (Å²) in [5.74, 6) is 1.59. The number of fused-ring (bicyclic) bond motifs is 1. The average molecular weight is 442 g/mol. The SMILES string of the molecule is Cc1noc(C)c1-c1cnc2c(-c3ccc(C(C)(C)C)cc3)cn(CC3CCCCC3)c2c1. The summed E-state index contributed by atoms with van der Waals surface area (Å²) in [7, 11) is 0. The predicted octanol–water partition coefficient (Wildman–Crippen LogP) is 7.85. The molecule has 1 aliphatic rings. The minimum atomic E-state index is 0.148. The van der Waals surface area contributed by atoms with Crippen LogP contribution in [0.5, 0.6) is 0 Å². The van der Waals surface area contributed by atoms with E-state index in [1.807, 2.05) is 20.0 Å². The van der Waals surface area contributed by atoms with Crippen molar-refractivity contribution >= 4 is 11.0 Å². The minimum absolute atomic E-state index is 0.148. The maximum absolute atomic E-state index is 5.44. The Bertz CT molecular complexity index is 1250. The van der Waals surface area contributed by atoms with Crippen LogP contribution in [0.1, 0.15) is 69.9 Å². The third-order valence-electron chi connectivity index (χ3n) is 7.28. The molecular weight excluding hydrogens is 406 g/mol. The lowest BCUT2D eigenvalue weighted by Gasteiger charge is -2.22. The molecule has 1 fully saturated rings. The number of aryl methyl sites for hydroxylation is 2.